The second-order valence-electron chi connectivity index (χ2n) is 8.29. The molecule has 0 saturated carbocycles. The van der Waals surface area contributed by atoms with Crippen molar-refractivity contribution in [3.8, 4) is 28.7 Å². The largest absolute Gasteiger partial charge is 0.493 e. The van der Waals surface area contributed by atoms with Crippen molar-refractivity contribution >= 4 is 17.7 Å². The molecule has 0 aromatic heterocycles. The highest BCUT2D eigenvalue weighted by molar-refractivity contribution is 6.09. The van der Waals surface area contributed by atoms with E-state index in [2.05, 4.69) is 5.10 Å². The number of esters is 1. The van der Waals surface area contributed by atoms with E-state index in [4.69, 9.17) is 34.2 Å². The van der Waals surface area contributed by atoms with E-state index in [9.17, 15) is 9.59 Å². The second-order valence-corrected chi connectivity index (χ2v) is 8.29. The van der Waals surface area contributed by atoms with Crippen LogP contribution >= 0.6 is 0 Å². The summed E-state index contributed by atoms with van der Waals surface area (Å²) < 4.78 is 33.1. The van der Waals surface area contributed by atoms with Gasteiger partial charge in [0.15, 0.2) is 23.0 Å². The summed E-state index contributed by atoms with van der Waals surface area (Å²) in [5, 5.41) is 5.64. The molecule has 2 aromatic rings. The normalized spacial score (nSPS) is 21.5. The molecule has 5 rings (SSSR count). The topological polar surface area (TPSA) is 131 Å². The number of hydrogen-bond acceptors (Lipinski definition) is 9. The first-order valence-corrected chi connectivity index (χ1v) is 10.9. The van der Waals surface area contributed by atoms with Crippen LogP contribution in [0.1, 0.15) is 22.6 Å². The molecule has 3 atom stereocenters. The molecule has 2 N–H and O–H groups in total. The Balaban J connectivity index is 1.78. The quantitative estimate of drug-likeness (QED) is 0.640. The standard InChI is InChI=1S/C24H25N3O8/c1-30-17-5-11(6-18(31-2)22(17)32-3)19-12-7-15-16(35-10-34-15)8-13(12)21-14(20(19)23(28)33-4)9-27(26-21)24(25)29/h5-8,14,19-20H,9-10H2,1-4H3,(H2,25,29)/t14-,19+,20-/m0/s1. The number of urea groups is 1. The van der Waals surface area contributed by atoms with E-state index < -0.39 is 29.8 Å². The van der Waals surface area contributed by atoms with Gasteiger partial charge in [0, 0.05) is 17.4 Å². The smallest absolute Gasteiger partial charge is 0.335 e. The Bertz CT molecular complexity index is 1220. The molecule has 3 aliphatic rings. The van der Waals surface area contributed by atoms with E-state index in [1.807, 2.05) is 12.1 Å². The molecule has 0 saturated heterocycles. The van der Waals surface area contributed by atoms with Crippen LogP contribution in [0.5, 0.6) is 28.7 Å². The average Bonchev–Trinajstić information content (AvgIpc) is 3.52. The minimum absolute atomic E-state index is 0.0802. The third-order valence-electron chi connectivity index (χ3n) is 6.67. The summed E-state index contributed by atoms with van der Waals surface area (Å²) in [4.78, 5) is 25.3. The van der Waals surface area contributed by atoms with Gasteiger partial charge in [-0.3, -0.25) is 4.79 Å². The van der Waals surface area contributed by atoms with E-state index in [0.29, 0.717) is 34.5 Å². The number of rotatable bonds is 5. The van der Waals surface area contributed by atoms with Crippen molar-refractivity contribution in [3.63, 3.8) is 0 Å². The Morgan fingerprint density at radius 2 is 1.66 bits per heavy atom. The highest BCUT2D eigenvalue weighted by Crippen LogP contribution is 2.52. The minimum atomic E-state index is -0.723. The van der Waals surface area contributed by atoms with Crippen LogP contribution in [0.15, 0.2) is 29.4 Å². The monoisotopic (exact) mass is 483 g/mol. The highest BCUT2D eigenvalue weighted by atomic mass is 16.7. The molecule has 0 bridgehead atoms. The molecule has 2 aromatic carbocycles. The highest BCUT2D eigenvalue weighted by Gasteiger charge is 2.50. The third kappa shape index (κ3) is 3.46. The average molecular weight is 483 g/mol. The summed E-state index contributed by atoms with van der Waals surface area (Å²) in [5.74, 6) is 0.267. The molecule has 2 aliphatic heterocycles. The lowest BCUT2D eigenvalue weighted by Crippen LogP contribution is -2.42. The van der Waals surface area contributed by atoms with Gasteiger partial charge in [-0.05, 0) is 35.4 Å². The molecule has 11 heteroatoms. The van der Waals surface area contributed by atoms with Crippen LogP contribution < -0.4 is 29.4 Å². The Morgan fingerprint density at radius 3 is 2.23 bits per heavy atom. The fourth-order valence-corrected chi connectivity index (χ4v) is 5.16. The predicted octanol–water partition coefficient (Wildman–Crippen LogP) is 2.09. The number of carbonyl (C=O) groups excluding carboxylic acids is 2. The number of nitrogens with zero attached hydrogens (tertiary/aromatic N) is 2. The van der Waals surface area contributed by atoms with E-state index in [0.717, 1.165) is 16.7 Å². The number of carbonyl (C=O) groups is 2. The zero-order valence-corrected chi connectivity index (χ0v) is 19.7. The van der Waals surface area contributed by atoms with Gasteiger partial charge in [0.25, 0.3) is 0 Å². The first kappa shape index (κ1) is 22.6. The van der Waals surface area contributed by atoms with E-state index in [-0.39, 0.29) is 13.3 Å². The number of hydrazone groups is 1. The van der Waals surface area contributed by atoms with Gasteiger partial charge < -0.3 is 34.2 Å². The first-order chi connectivity index (χ1) is 16.9. The minimum Gasteiger partial charge on any atom is -0.493 e. The van der Waals surface area contributed by atoms with Crippen molar-refractivity contribution in [1.82, 2.24) is 5.01 Å². The Labute approximate surface area is 201 Å². The number of nitrogens with two attached hydrogens (primary N) is 1. The molecule has 0 fully saturated rings. The number of amides is 2. The summed E-state index contributed by atoms with van der Waals surface area (Å²) in [6.45, 7) is 0.218. The van der Waals surface area contributed by atoms with Crippen LogP contribution in [0.25, 0.3) is 0 Å². The Morgan fingerprint density at radius 1 is 1.00 bits per heavy atom. The zero-order valence-electron chi connectivity index (χ0n) is 19.7. The predicted molar refractivity (Wildman–Crippen MR) is 122 cm³/mol. The molecule has 11 nitrogen and oxygen atoms in total. The van der Waals surface area contributed by atoms with Crippen molar-refractivity contribution in [1.29, 1.82) is 0 Å². The molecular weight excluding hydrogens is 458 g/mol. The molecule has 1 aliphatic carbocycles. The van der Waals surface area contributed by atoms with Gasteiger partial charge in [-0.1, -0.05) is 0 Å². The van der Waals surface area contributed by atoms with E-state index >= 15 is 0 Å². The maximum atomic E-state index is 13.3. The lowest BCUT2D eigenvalue weighted by atomic mass is 9.65. The summed E-state index contributed by atoms with van der Waals surface area (Å²) in [7, 11) is 5.91. The molecule has 2 amide bonds. The summed E-state index contributed by atoms with van der Waals surface area (Å²) >= 11 is 0. The number of hydrogen-bond donors (Lipinski definition) is 1. The van der Waals surface area contributed by atoms with Crippen LogP contribution in [0.2, 0.25) is 0 Å². The number of benzene rings is 2. The van der Waals surface area contributed by atoms with Crippen molar-refractivity contribution in [3.05, 3.63) is 41.0 Å². The van der Waals surface area contributed by atoms with Crippen molar-refractivity contribution in [2.45, 2.75) is 5.92 Å². The summed E-state index contributed by atoms with van der Waals surface area (Å²) in [6, 6.07) is 6.57. The van der Waals surface area contributed by atoms with Crippen LogP contribution in [0, 0.1) is 11.8 Å². The van der Waals surface area contributed by atoms with Gasteiger partial charge in [-0.15, -0.1) is 0 Å². The first-order valence-electron chi connectivity index (χ1n) is 10.9. The number of ether oxygens (including phenoxy) is 6. The summed E-state index contributed by atoms with van der Waals surface area (Å²) in [6.07, 6.45) is 0. The van der Waals surface area contributed by atoms with Gasteiger partial charge in [0.1, 0.15) is 0 Å². The van der Waals surface area contributed by atoms with Crippen molar-refractivity contribution < 1.29 is 38.0 Å². The molecular formula is C24H25N3O8. The Hall–Kier alpha value is -4.15. The molecule has 0 unspecified atom stereocenters. The lowest BCUT2D eigenvalue weighted by molar-refractivity contribution is -0.147. The van der Waals surface area contributed by atoms with E-state index in [1.54, 1.807) is 12.1 Å². The van der Waals surface area contributed by atoms with Crippen LogP contribution in [-0.2, 0) is 9.53 Å². The number of fused-ring (bicyclic) bond motifs is 4. The molecule has 0 radical (unpaired) electrons. The number of primary amides is 1. The lowest BCUT2D eigenvalue weighted by Gasteiger charge is -2.37. The third-order valence-corrected chi connectivity index (χ3v) is 6.67. The SMILES string of the molecule is COC(=O)[C@@H]1[C@H](c2cc(OC)c(OC)c(OC)c2)c2cc3c(cc2C2=NN(C(N)=O)C[C@H]21)OCO3. The van der Waals surface area contributed by atoms with Gasteiger partial charge >= 0.3 is 12.0 Å². The second kappa shape index (κ2) is 8.57. The van der Waals surface area contributed by atoms with Gasteiger partial charge in [0.2, 0.25) is 12.5 Å². The van der Waals surface area contributed by atoms with Crippen molar-refractivity contribution in [2.24, 2.45) is 22.7 Å². The van der Waals surface area contributed by atoms with E-state index in [1.165, 1.54) is 33.4 Å². The number of methoxy groups -OCH3 is 4. The van der Waals surface area contributed by atoms with Gasteiger partial charge in [0.05, 0.1) is 46.6 Å². The molecule has 2 heterocycles. The summed E-state index contributed by atoms with van der Waals surface area (Å²) in [5.41, 5.74) is 8.34. The Kier molecular flexibility index (Phi) is 5.54. The molecule has 184 valence electrons. The van der Waals surface area contributed by atoms with Crippen molar-refractivity contribution in [2.75, 3.05) is 41.8 Å². The fourth-order valence-electron chi connectivity index (χ4n) is 5.16. The zero-order chi connectivity index (χ0) is 24.9. The maximum Gasteiger partial charge on any atom is 0.335 e. The molecule has 35 heavy (non-hydrogen) atoms. The maximum absolute atomic E-state index is 13.3. The van der Waals surface area contributed by atoms with Crippen LogP contribution in [-0.4, -0.2) is 64.5 Å². The fraction of sp³-hybridized carbons (Fsp3) is 0.375. The van der Waals surface area contributed by atoms with Gasteiger partial charge in [-0.2, -0.15) is 5.10 Å². The van der Waals surface area contributed by atoms with Crippen LogP contribution in [0.3, 0.4) is 0 Å². The van der Waals surface area contributed by atoms with Crippen LogP contribution in [0.4, 0.5) is 4.79 Å². The van der Waals surface area contributed by atoms with Gasteiger partial charge in [-0.25, -0.2) is 9.80 Å². The molecule has 0 spiro atoms.